The third-order valence-electron chi connectivity index (χ3n) is 2.70. The average molecular weight is 219 g/mol. The van der Waals surface area contributed by atoms with E-state index < -0.39 is 0 Å². The number of hydrogen-bond donors (Lipinski definition) is 1. The van der Waals surface area contributed by atoms with Crippen molar-refractivity contribution in [1.29, 1.82) is 0 Å². The van der Waals surface area contributed by atoms with Crippen LogP contribution in [-0.2, 0) is 11.2 Å². The molecule has 16 heavy (non-hydrogen) atoms. The van der Waals surface area contributed by atoms with Gasteiger partial charge < -0.3 is 5.32 Å². The van der Waals surface area contributed by atoms with Gasteiger partial charge in [-0.3, -0.25) is 4.79 Å². The zero-order valence-electron chi connectivity index (χ0n) is 10.5. The van der Waals surface area contributed by atoms with Crippen LogP contribution in [0, 0.1) is 13.8 Å². The molecule has 0 spiro atoms. The Kier molecular flexibility index (Phi) is 5.03. The largest absolute Gasteiger partial charge is 0.356 e. The van der Waals surface area contributed by atoms with Crippen molar-refractivity contribution in [2.24, 2.45) is 0 Å². The zero-order chi connectivity index (χ0) is 12.0. The van der Waals surface area contributed by atoms with Crippen LogP contribution in [0.2, 0.25) is 0 Å². The monoisotopic (exact) mass is 219 g/mol. The van der Waals surface area contributed by atoms with E-state index in [0.29, 0.717) is 6.42 Å². The van der Waals surface area contributed by atoms with Gasteiger partial charge in [0.25, 0.3) is 0 Å². The Morgan fingerprint density at radius 3 is 2.69 bits per heavy atom. The minimum Gasteiger partial charge on any atom is -0.356 e. The van der Waals surface area contributed by atoms with Crippen LogP contribution in [0.25, 0.3) is 0 Å². The predicted octanol–water partition coefficient (Wildman–Crippen LogP) is 2.76. The number of benzene rings is 1. The molecule has 1 aromatic carbocycles. The van der Waals surface area contributed by atoms with E-state index in [9.17, 15) is 4.79 Å². The lowest BCUT2D eigenvalue weighted by Crippen LogP contribution is -2.26. The SMILES string of the molecule is CCCCNC(=O)Cc1ccc(C)cc1C. The molecule has 1 N–H and O–H groups in total. The Labute approximate surface area is 98.1 Å². The highest BCUT2D eigenvalue weighted by molar-refractivity contribution is 5.78. The van der Waals surface area contributed by atoms with Crippen LogP contribution in [0.15, 0.2) is 18.2 Å². The van der Waals surface area contributed by atoms with Crippen molar-refractivity contribution in [3.05, 3.63) is 34.9 Å². The lowest BCUT2D eigenvalue weighted by Gasteiger charge is -2.07. The van der Waals surface area contributed by atoms with Gasteiger partial charge in [0.2, 0.25) is 5.91 Å². The van der Waals surface area contributed by atoms with Gasteiger partial charge in [-0.05, 0) is 31.4 Å². The van der Waals surface area contributed by atoms with E-state index in [1.54, 1.807) is 0 Å². The van der Waals surface area contributed by atoms with Crippen molar-refractivity contribution >= 4 is 5.91 Å². The second-order valence-corrected chi connectivity index (χ2v) is 4.31. The molecule has 1 aromatic rings. The number of unbranched alkanes of at least 4 members (excludes halogenated alkanes) is 1. The van der Waals surface area contributed by atoms with Gasteiger partial charge in [0.15, 0.2) is 0 Å². The summed E-state index contributed by atoms with van der Waals surface area (Å²) in [7, 11) is 0. The summed E-state index contributed by atoms with van der Waals surface area (Å²) in [5, 5.41) is 2.93. The van der Waals surface area contributed by atoms with Gasteiger partial charge in [-0.2, -0.15) is 0 Å². The molecule has 0 atom stereocenters. The van der Waals surface area contributed by atoms with E-state index in [1.165, 1.54) is 11.1 Å². The first-order chi connectivity index (χ1) is 7.63. The number of amides is 1. The third-order valence-corrected chi connectivity index (χ3v) is 2.70. The fourth-order valence-corrected chi connectivity index (χ4v) is 1.68. The lowest BCUT2D eigenvalue weighted by molar-refractivity contribution is -0.120. The van der Waals surface area contributed by atoms with Crippen molar-refractivity contribution in [2.45, 2.75) is 40.0 Å². The van der Waals surface area contributed by atoms with E-state index in [-0.39, 0.29) is 5.91 Å². The number of rotatable bonds is 5. The van der Waals surface area contributed by atoms with Gasteiger partial charge in [0.05, 0.1) is 6.42 Å². The topological polar surface area (TPSA) is 29.1 Å². The van der Waals surface area contributed by atoms with Crippen LogP contribution in [0.3, 0.4) is 0 Å². The highest BCUT2D eigenvalue weighted by atomic mass is 16.1. The van der Waals surface area contributed by atoms with Gasteiger partial charge >= 0.3 is 0 Å². The summed E-state index contributed by atoms with van der Waals surface area (Å²) in [5.74, 6) is 0.125. The lowest BCUT2D eigenvalue weighted by atomic mass is 10.0. The van der Waals surface area contributed by atoms with Crippen LogP contribution >= 0.6 is 0 Å². The number of carbonyl (C=O) groups is 1. The quantitative estimate of drug-likeness (QED) is 0.758. The van der Waals surface area contributed by atoms with Crippen molar-refractivity contribution < 1.29 is 4.79 Å². The number of hydrogen-bond acceptors (Lipinski definition) is 1. The zero-order valence-corrected chi connectivity index (χ0v) is 10.5. The Hall–Kier alpha value is -1.31. The molecule has 88 valence electrons. The third kappa shape index (κ3) is 4.05. The molecule has 2 heteroatoms. The van der Waals surface area contributed by atoms with Gasteiger partial charge in [0, 0.05) is 6.54 Å². The second-order valence-electron chi connectivity index (χ2n) is 4.31. The Bertz CT molecular complexity index is 358. The Morgan fingerprint density at radius 1 is 1.31 bits per heavy atom. The molecule has 1 rings (SSSR count). The van der Waals surface area contributed by atoms with Crippen molar-refractivity contribution in [2.75, 3.05) is 6.54 Å². The number of nitrogens with one attached hydrogen (secondary N) is 1. The van der Waals surface area contributed by atoms with E-state index in [1.807, 2.05) is 6.07 Å². The van der Waals surface area contributed by atoms with Crippen molar-refractivity contribution in [3.8, 4) is 0 Å². The first-order valence-corrected chi connectivity index (χ1v) is 5.96. The summed E-state index contributed by atoms with van der Waals surface area (Å²) in [6.07, 6.45) is 2.66. The van der Waals surface area contributed by atoms with Gasteiger partial charge in [-0.1, -0.05) is 37.1 Å². The molecule has 2 nitrogen and oxygen atoms in total. The summed E-state index contributed by atoms with van der Waals surface area (Å²) >= 11 is 0. The second kappa shape index (κ2) is 6.31. The molecule has 0 bridgehead atoms. The fourth-order valence-electron chi connectivity index (χ4n) is 1.68. The molecule has 0 heterocycles. The van der Waals surface area contributed by atoms with Crippen LogP contribution in [0.4, 0.5) is 0 Å². The highest BCUT2D eigenvalue weighted by Crippen LogP contribution is 2.10. The van der Waals surface area contributed by atoms with E-state index in [2.05, 4.69) is 38.2 Å². The highest BCUT2D eigenvalue weighted by Gasteiger charge is 2.05. The molecule has 0 aliphatic carbocycles. The molecule has 0 saturated heterocycles. The van der Waals surface area contributed by atoms with E-state index >= 15 is 0 Å². The maximum Gasteiger partial charge on any atom is 0.224 e. The van der Waals surface area contributed by atoms with Crippen molar-refractivity contribution in [1.82, 2.24) is 5.32 Å². The van der Waals surface area contributed by atoms with Crippen LogP contribution in [-0.4, -0.2) is 12.5 Å². The molecule has 0 saturated carbocycles. The molecule has 0 aliphatic heterocycles. The van der Waals surface area contributed by atoms with E-state index in [0.717, 1.165) is 24.9 Å². The normalized spacial score (nSPS) is 10.2. The maximum absolute atomic E-state index is 11.6. The maximum atomic E-state index is 11.6. The van der Waals surface area contributed by atoms with Crippen LogP contribution in [0.1, 0.15) is 36.5 Å². The molecule has 0 fully saturated rings. The Morgan fingerprint density at radius 2 is 2.06 bits per heavy atom. The predicted molar refractivity (Wildman–Crippen MR) is 67.5 cm³/mol. The smallest absolute Gasteiger partial charge is 0.224 e. The average Bonchev–Trinajstić information content (AvgIpc) is 2.23. The van der Waals surface area contributed by atoms with Gasteiger partial charge in [-0.15, -0.1) is 0 Å². The van der Waals surface area contributed by atoms with E-state index in [4.69, 9.17) is 0 Å². The molecule has 0 aliphatic rings. The summed E-state index contributed by atoms with van der Waals surface area (Å²) in [5.41, 5.74) is 3.57. The molecule has 0 radical (unpaired) electrons. The Balaban J connectivity index is 2.49. The molecule has 0 unspecified atom stereocenters. The standard InChI is InChI=1S/C14H21NO/c1-4-5-8-15-14(16)10-13-7-6-11(2)9-12(13)3/h6-7,9H,4-5,8,10H2,1-3H3,(H,15,16). The summed E-state index contributed by atoms with van der Waals surface area (Å²) in [6.45, 7) is 7.04. The van der Waals surface area contributed by atoms with Crippen LogP contribution < -0.4 is 5.32 Å². The van der Waals surface area contributed by atoms with Gasteiger partial charge in [-0.25, -0.2) is 0 Å². The minimum atomic E-state index is 0.125. The first kappa shape index (κ1) is 12.8. The number of aryl methyl sites for hydroxylation is 2. The molecule has 0 aromatic heterocycles. The molecular weight excluding hydrogens is 198 g/mol. The van der Waals surface area contributed by atoms with Crippen molar-refractivity contribution in [3.63, 3.8) is 0 Å². The molecular formula is C14H21NO. The first-order valence-electron chi connectivity index (χ1n) is 5.96. The molecule has 1 amide bonds. The summed E-state index contributed by atoms with van der Waals surface area (Å²) in [4.78, 5) is 11.6. The van der Waals surface area contributed by atoms with Crippen LogP contribution in [0.5, 0.6) is 0 Å². The summed E-state index contributed by atoms with van der Waals surface area (Å²) in [6, 6.07) is 6.22. The number of carbonyl (C=O) groups excluding carboxylic acids is 1. The summed E-state index contributed by atoms with van der Waals surface area (Å²) < 4.78 is 0. The van der Waals surface area contributed by atoms with Gasteiger partial charge in [0.1, 0.15) is 0 Å². The fraction of sp³-hybridized carbons (Fsp3) is 0.500. The minimum absolute atomic E-state index is 0.125.